The van der Waals surface area contributed by atoms with Gasteiger partial charge in [-0.05, 0) is 12.5 Å². The van der Waals surface area contributed by atoms with Gasteiger partial charge in [0.05, 0.1) is 7.11 Å². The van der Waals surface area contributed by atoms with Crippen LogP contribution in [0.1, 0.15) is 24.9 Å². The zero-order valence-corrected chi connectivity index (χ0v) is 9.10. The Hall–Kier alpha value is -0.800. The predicted octanol–water partition coefficient (Wildman–Crippen LogP) is 2.67. The summed E-state index contributed by atoms with van der Waals surface area (Å²) in [5, 5.41) is 0. The van der Waals surface area contributed by atoms with E-state index in [1.54, 1.807) is 12.1 Å². The molecule has 0 saturated carbocycles. The number of benzene rings is 1. The lowest BCUT2D eigenvalue weighted by Gasteiger charge is -2.10. The van der Waals surface area contributed by atoms with Crippen molar-refractivity contribution in [2.24, 2.45) is 5.73 Å². The second-order valence-electron chi connectivity index (χ2n) is 2.90. The monoisotopic (exact) mass is 219 g/mol. The first kappa shape index (κ1) is 13.2. The third-order valence-corrected chi connectivity index (χ3v) is 2.05. The van der Waals surface area contributed by atoms with E-state index in [1.807, 2.05) is 6.92 Å². The Morgan fingerprint density at radius 3 is 2.57 bits per heavy atom. The van der Waals surface area contributed by atoms with Crippen molar-refractivity contribution in [3.05, 3.63) is 29.6 Å². The van der Waals surface area contributed by atoms with E-state index in [4.69, 9.17) is 10.5 Å². The molecule has 0 unspecified atom stereocenters. The molecule has 1 rings (SSSR count). The first-order valence-corrected chi connectivity index (χ1v) is 4.28. The molecule has 4 heteroatoms. The standard InChI is InChI=1S/C10H14FNO.ClH/c1-3-10(12)8-5-4-7(13-2)6-9(8)11;/h4-6,10H,3,12H2,1-2H3;1H/t10-;/m0./s1. The second-order valence-corrected chi connectivity index (χ2v) is 2.90. The Bertz CT molecular complexity index is 293. The molecular formula is C10H15ClFNO. The molecule has 0 aliphatic heterocycles. The zero-order chi connectivity index (χ0) is 9.84. The Balaban J connectivity index is 0.00000169. The van der Waals surface area contributed by atoms with Crippen molar-refractivity contribution in [1.82, 2.24) is 0 Å². The van der Waals surface area contributed by atoms with Crippen molar-refractivity contribution in [2.75, 3.05) is 7.11 Å². The highest BCUT2D eigenvalue weighted by Crippen LogP contribution is 2.21. The van der Waals surface area contributed by atoms with Gasteiger partial charge in [-0.15, -0.1) is 12.4 Å². The van der Waals surface area contributed by atoms with Gasteiger partial charge in [-0.2, -0.15) is 0 Å². The van der Waals surface area contributed by atoms with Gasteiger partial charge in [0.25, 0.3) is 0 Å². The zero-order valence-electron chi connectivity index (χ0n) is 8.29. The molecular weight excluding hydrogens is 205 g/mol. The number of halogens is 2. The third kappa shape index (κ3) is 2.86. The summed E-state index contributed by atoms with van der Waals surface area (Å²) < 4.78 is 18.2. The molecule has 0 aliphatic rings. The van der Waals surface area contributed by atoms with Crippen molar-refractivity contribution in [1.29, 1.82) is 0 Å². The Kier molecular flexibility index (Phi) is 5.50. The third-order valence-electron chi connectivity index (χ3n) is 2.05. The molecule has 80 valence electrons. The molecule has 0 aromatic heterocycles. The first-order chi connectivity index (χ1) is 6.19. The van der Waals surface area contributed by atoms with Gasteiger partial charge in [0.2, 0.25) is 0 Å². The molecule has 0 heterocycles. The van der Waals surface area contributed by atoms with Crippen LogP contribution in [-0.4, -0.2) is 7.11 Å². The second kappa shape index (κ2) is 5.83. The maximum Gasteiger partial charge on any atom is 0.131 e. The van der Waals surface area contributed by atoms with Crippen LogP contribution in [0, 0.1) is 5.82 Å². The van der Waals surface area contributed by atoms with Crippen molar-refractivity contribution >= 4 is 12.4 Å². The average molecular weight is 220 g/mol. The van der Waals surface area contributed by atoms with Gasteiger partial charge in [-0.1, -0.05) is 13.0 Å². The van der Waals surface area contributed by atoms with Gasteiger partial charge in [0, 0.05) is 17.7 Å². The SMILES string of the molecule is CC[C@H](N)c1ccc(OC)cc1F.Cl. The van der Waals surface area contributed by atoms with Crippen LogP contribution in [-0.2, 0) is 0 Å². The summed E-state index contributed by atoms with van der Waals surface area (Å²) in [4.78, 5) is 0. The lowest BCUT2D eigenvalue weighted by molar-refractivity contribution is 0.410. The van der Waals surface area contributed by atoms with E-state index in [0.29, 0.717) is 11.3 Å². The Morgan fingerprint density at radius 2 is 2.14 bits per heavy atom. The van der Waals surface area contributed by atoms with E-state index >= 15 is 0 Å². The average Bonchev–Trinajstić information content (AvgIpc) is 2.16. The van der Waals surface area contributed by atoms with E-state index < -0.39 is 0 Å². The Labute approximate surface area is 89.7 Å². The fraction of sp³-hybridized carbons (Fsp3) is 0.400. The van der Waals surface area contributed by atoms with Crippen molar-refractivity contribution in [3.8, 4) is 5.75 Å². The highest BCUT2D eigenvalue weighted by Gasteiger charge is 2.09. The number of rotatable bonds is 3. The van der Waals surface area contributed by atoms with Gasteiger partial charge in [-0.25, -0.2) is 4.39 Å². The van der Waals surface area contributed by atoms with Crippen molar-refractivity contribution in [2.45, 2.75) is 19.4 Å². The van der Waals surface area contributed by atoms with Gasteiger partial charge in [-0.3, -0.25) is 0 Å². The molecule has 0 aliphatic carbocycles. The lowest BCUT2D eigenvalue weighted by atomic mass is 10.0. The van der Waals surface area contributed by atoms with Crippen LogP contribution in [0.4, 0.5) is 4.39 Å². The van der Waals surface area contributed by atoms with Crippen LogP contribution >= 0.6 is 12.4 Å². The van der Waals surface area contributed by atoms with Gasteiger partial charge >= 0.3 is 0 Å². The maximum absolute atomic E-state index is 13.3. The van der Waals surface area contributed by atoms with E-state index in [2.05, 4.69) is 0 Å². The van der Waals surface area contributed by atoms with Gasteiger partial charge < -0.3 is 10.5 Å². The molecule has 2 nitrogen and oxygen atoms in total. The Morgan fingerprint density at radius 1 is 1.50 bits per heavy atom. The number of hydrogen-bond donors (Lipinski definition) is 1. The van der Waals surface area contributed by atoms with Crippen LogP contribution < -0.4 is 10.5 Å². The van der Waals surface area contributed by atoms with Crippen LogP contribution in [0.5, 0.6) is 5.75 Å². The van der Waals surface area contributed by atoms with Gasteiger partial charge in [0.15, 0.2) is 0 Å². The summed E-state index contributed by atoms with van der Waals surface area (Å²) in [6, 6.07) is 4.51. The topological polar surface area (TPSA) is 35.2 Å². The van der Waals surface area contributed by atoms with E-state index in [-0.39, 0.29) is 24.3 Å². The number of ether oxygens (including phenoxy) is 1. The quantitative estimate of drug-likeness (QED) is 0.849. The summed E-state index contributed by atoms with van der Waals surface area (Å²) in [6.07, 6.45) is 0.725. The molecule has 0 bridgehead atoms. The van der Waals surface area contributed by atoms with Crippen molar-refractivity contribution < 1.29 is 9.13 Å². The highest BCUT2D eigenvalue weighted by molar-refractivity contribution is 5.85. The number of methoxy groups -OCH3 is 1. The summed E-state index contributed by atoms with van der Waals surface area (Å²) >= 11 is 0. The molecule has 0 saturated heterocycles. The summed E-state index contributed by atoms with van der Waals surface area (Å²) in [5.41, 5.74) is 6.25. The fourth-order valence-corrected chi connectivity index (χ4v) is 1.16. The minimum Gasteiger partial charge on any atom is -0.497 e. The molecule has 0 radical (unpaired) electrons. The van der Waals surface area contributed by atoms with Crippen LogP contribution in [0.2, 0.25) is 0 Å². The van der Waals surface area contributed by atoms with Crippen LogP contribution in [0.15, 0.2) is 18.2 Å². The minimum absolute atomic E-state index is 0. The van der Waals surface area contributed by atoms with Gasteiger partial charge in [0.1, 0.15) is 11.6 Å². The van der Waals surface area contributed by atoms with Crippen LogP contribution in [0.3, 0.4) is 0 Å². The molecule has 1 aromatic rings. The molecule has 0 fully saturated rings. The highest BCUT2D eigenvalue weighted by atomic mass is 35.5. The van der Waals surface area contributed by atoms with E-state index in [0.717, 1.165) is 6.42 Å². The van der Waals surface area contributed by atoms with Crippen LogP contribution in [0.25, 0.3) is 0 Å². The smallest absolute Gasteiger partial charge is 0.131 e. The molecule has 0 amide bonds. The van der Waals surface area contributed by atoms with Crippen molar-refractivity contribution in [3.63, 3.8) is 0 Å². The predicted molar refractivity (Wildman–Crippen MR) is 57.4 cm³/mol. The minimum atomic E-state index is -0.297. The van der Waals surface area contributed by atoms with E-state index in [9.17, 15) is 4.39 Å². The maximum atomic E-state index is 13.3. The first-order valence-electron chi connectivity index (χ1n) is 4.28. The molecule has 2 N–H and O–H groups in total. The molecule has 1 atom stereocenters. The summed E-state index contributed by atoms with van der Waals surface area (Å²) in [6.45, 7) is 1.92. The fourth-order valence-electron chi connectivity index (χ4n) is 1.16. The lowest BCUT2D eigenvalue weighted by Crippen LogP contribution is -2.10. The normalized spacial score (nSPS) is 11.7. The number of nitrogens with two attached hydrogens (primary N) is 1. The van der Waals surface area contributed by atoms with E-state index in [1.165, 1.54) is 13.2 Å². The molecule has 1 aromatic carbocycles. The summed E-state index contributed by atoms with van der Waals surface area (Å²) in [5.74, 6) is 0.221. The number of hydrogen-bond acceptors (Lipinski definition) is 2. The molecule has 14 heavy (non-hydrogen) atoms. The molecule has 0 spiro atoms. The largest absolute Gasteiger partial charge is 0.497 e. The summed E-state index contributed by atoms with van der Waals surface area (Å²) in [7, 11) is 1.51.